The molecule has 0 saturated carbocycles. The van der Waals surface area contributed by atoms with Gasteiger partial charge in [-0.3, -0.25) is 0 Å². The quantitative estimate of drug-likeness (QED) is 0.924. The Morgan fingerprint density at radius 1 is 1.30 bits per heavy atom. The van der Waals surface area contributed by atoms with E-state index in [0.29, 0.717) is 5.82 Å². The fourth-order valence-electron chi connectivity index (χ4n) is 2.23. The van der Waals surface area contributed by atoms with E-state index in [-0.39, 0.29) is 5.41 Å². The van der Waals surface area contributed by atoms with Crippen LogP contribution in [0.2, 0.25) is 0 Å². The van der Waals surface area contributed by atoms with Crippen LogP contribution in [-0.4, -0.2) is 12.3 Å². The second-order valence-electron chi connectivity index (χ2n) is 6.29. The topological polar surface area (TPSA) is 61.3 Å². The van der Waals surface area contributed by atoms with Gasteiger partial charge in [0.1, 0.15) is 11.5 Å². The standard InChI is InChI=1S/C16H22N2O2/c1-10-6-7-11(8-12(10)19-5)14-13(9-16(2,3)4)20-18-15(14)17/h6-8H,9H2,1-5H3,(H2,17,18). The minimum Gasteiger partial charge on any atom is -0.496 e. The Kier molecular flexibility index (Phi) is 3.75. The molecule has 0 aliphatic carbocycles. The number of aromatic nitrogens is 1. The first-order valence-electron chi connectivity index (χ1n) is 6.71. The van der Waals surface area contributed by atoms with E-state index in [1.807, 2.05) is 25.1 Å². The molecule has 1 heterocycles. The molecule has 0 spiro atoms. The molecule has 2 N–H and O–H groups in total. The Hall–Kier alpha value is -1.97. The molecule has 0 atom stereocenters. The zero-order chi connectivity index (χ0) is 14.9. The van der Waals surface area contributed by atoms with Crippen LogP contribution in [0.15, 0.2) is 22.7 Å². The van der Waals surface area contributed by atoms with Crippen LogP contribution in [-0.2, 0) is 6.42 Å². The Morgan fingerprint density at radius 2 is 2.00 bits per heavy atom. The van der Waals surface area contributed by atoms with Crippen molar-refractivity contribution in [3.8, 4) is 16.9 Å². The Bertz CT molecular complexity index is 609. The number of anilines is 1. The molecular weight excluding hydrogens is 252 g/mol. The van der Waals surface area contributed by atoms with Gasteiger partial charge in [-0.05, 0) is 29.5 Å². The van der Waals surface area contributed by atoms with Gasteiger partial charge in [-0.25, -0.2) is 0 Å². The summed E-state index contributed by atoms with van der Waals surface area (Å²) in [7, 11) is 1.67. The van der Waals surface area contributed by atoms with Crippen LogP contribution < -0.4 is 10.5 Å². The van der Waals surface area contributed by atoms with Gasteiger partial charge in [0.05, 0.1) is 12.7 Å². The fourth-order valence-corrected chi connectivity index (χ4v) is 2.23. The molecule has 2 aromatic rings. The lowest BCUT2D eigenvalue weighted by molar-refractivity contribution is 0.322. The highest BCUT2D eigenvalue weighted by Crippen LogP contribution is 2.35. The Morgan fingerprint density at radius 3 is 2.60 bits per heavy atom. The lowest BCUT2D eigenvalue weighted by atomic mass is 9.88. The molecule has 2 rings (SSSR count). The van der Waals surface area contributed by atoms with Crippen molar-refractivity contribution in [1.29, 1.82) is 0 Å². The first-order chi connectivity index (χ1) is 9.31. The van der Waals surface area contributed by atoms with Gasteiger partial charge in [0.15, 0.2) is 5.82 Å². The molecule has 4 heteroatoms. The van der Waals surface area contributed by atoms with Crippen molar-refractivity contribution in [2.24, 2.45) is 5.41 Å². The third-order valence-corrected chi connectivity index (χ3v) is 3.18. The molecule has 0 amide bonds. The van der Waals surface area contributed by atoms with Crippen molar-refractivity contribution in [1.82, 2.24) is 5.16 Å². The monoisotopic (exact) mass is 274 g/mol. The zero-order valence-corrected chi connectivity index (χ0v) is 12.8. The first kappa shape index (κ1) is 14.4. The summed E-state index contributed by atoms with van der Waals surface area (Å²) in [5, 5.41) is 3.92. The van der Waals surface area contributed by atoms with Crippen molar-refractivity contribution in [2.75, 3.05) is 12.8 Å². The number of rotatable bonds is 3. The van der Waals surface area contributed by atoms with Gasteiger partial charge in [0.25, 0.3) is 0 Å². The molecule has 0 aliphatic rings. The highest BCUT2D eigenvalue weighted by atomic mass is 16.5. The van der Waals surface area contributed by atoms with Crippen LogP contribution in [0.4, 0.5) is 5.82 Å². The molecule has 0 aliphatic heterocycles. The molecule has 1 aromatic carbocycles. The van der Waals surface area contributed by atoms with Crippen molar-refractivity contribution < 1.29 is 9.26 Å². The maximum absolute atomic E-state index is 5.98. The van der Waals surface area contributed by atoms with Gasteiger partial charge in [-0.15, -0.1) is 0 Å². The van der Waals surface area contributed by atoms with Crippen LogP contribution in [0.25, 0.3) is 11.1 Å². The smallest absolute Gasteiger partial charge is 0.175 e. The summed E-state index contributed by atoms with van der Waals surface area (Å²) >= 11 is 0. The summed E-state index contributed by atoms with van der Waals surface area (Å²) in [5.41, 5.74) is 9.02. The van der Waals surface area contributed by atoms with Crippen LogP contribution >= 0.6 is 0 Å². The zero-order valence-electron chi connectivity index (χ0n) is 12.8. The second-order valence-corrected chi connectivity index (χ2v) is 6.29. The number of aryl methyl sites for hydroxylation is 1. The summed E-state index contributed by atoms with van der Waals surface area (Å²) in [5.74, 6) is 2.08. The normalized spacial score (nSPS) is 11.7. The van der Waals surface area contributed by atoms with Crippen molar-refractivity contribution in [3.05, 3.63) is 29.5 Å². The lowest BCUT2D eigenvalue weighted by Crippen LogP contribution is -2.09. The van der Waals surface area contributed by atoms with E-state index in [0.717, 1.165) is 34.6 Å². The molecule has 0 saturated heterocycles. The van der Waals surface area contributed by atoms with E-state index in [4.69, 9.17) is 15.0 Å². The molecule has 108 valence electrons. The summed E-state index contributed by atoms with van der Waals surface area (Å²) in [6.45, 7) is 8.48. The highest BCUT2D eigenvalue weighted by molar-refractivity contribution is 5.76. The third kappa shape index (κ3) is 2.95. The molecule has 0 fully saturated rings. The minimum absolute atomic E-state index is 0.107. The number of ether oxygens (including phenoxy) is 1. The number of hydrogen-bond donors (Lipinski definition) is 1. The number of methoxy groups -OCH3 is 1. The SMILES string of the molecule is COc1cc(-c2c(N)noc2CC(C)(C)C)ccc1C. The third-order valence-electron chi connectivity index (χ3n) is 3.18. The summed E-state index contributed by atoms with van der Waals surface area (Å²) in [4.78, 5) is 0. The van der Waals surface area contributed by atoms with Crippen molar-refractivity contribution >= 4 is 5.82 Å². The van der Waals surface area contributed by atoms with Gasteiger partial charge in [0.2, 0.25) is 0 Å². The summed E-state index contributed by atoms with van der Waals surface area (Å²) < 4.78 is 10.8. The van der Waals surface area contributed by atoms with Crippen molar-refractivity contribution in [2.45, 2.75) is 34.1 Å². The number of nitrogen functional groups attached to an aromatic ring is 1. The van der Waals surface area contributed by atoms with E-state index in [2.05, 4.69) is 25.9 Å². The maximum atomic E-state index is 5.98. The van der Waals surface area contributed by atoms with Crippen LogP contribution in [0.1, 0.15) is 32.1 Å². The number of benzene rings is 1. The van der Waals surface area contributed by atoms with E-state index in [1.54, 1.807) is 7.11 Å². The fraction of sp³-hybridized carbons (Fsp3) is 0.438. The van der Waals surface area contributed by atoms with E-state index in [9.17, 15) is 0 Å². The highest BCUT2D eigenvalue weighted by Gasteiger charge is 2.22. The van der Waals surface area contributed by atoms with Gasteiger partial charge >= 0.3 is 0 Å². The molecular formula is C16H22N2O2. The number of nitrogens with two attached hydrogens (primary N) is 1. The molecule has 20 heavy (non-hydrogen) atoms. The van der Waals surface area contributed by atoms with Crippen LogP contribution in [0.5, 0.6) is 5.75 Å². The Balaban J connectivity index is 2.49. The lowest BCUT2D eigenvalue weighted by Gasteiger charge is -2.16. The molecule has 0 unspecified atom stereocenters. The summed E-state index contributed by atoms with van der Waals surface area (Å²) in [6.07, 6.45) is 0.780. The van der Waals surface area contributed by atoms with E-state index in [1.165, 1.54) is 0 Å². The predicted molar refractivity (Wildman–Crippen MR) is 80.8 cm³/mol. The average molecular weight is 274 g/mol. The molecule has 0 radical (unpaired) electrons. The van der Waals surface area contributed by atoms with Crippen LogP contribution in [0.3, 0.4) is 0 Å². The molecule has 1 aromatic heterocycles. The summed E-state index contributed by atoms with van der Waals surface area (Å²) in [6, 6.07) is 6.01. The average Bonchev–Trinajstić information content (AvgIpc) is 2.69. The largest absolute Gasteiger partial charge is 0.496 e. The number of nitrogens with zero attached hydrogens (tertiary/aromatic N) is 1. The molecule has 4 nitrogen and oxygen atoms in total. The van der Waals surface area contributed by atoms with E-state index < -0.39 is 0 Å². The number of hydrogen-bond acceptors (Lipinski definition) is 4. The van der Waals surface area contributed by atoms with Crippen molar-refractivity contribution in [3.63, 3.8) is 0 Å². The van der Waals surface area contributed by atoms with Gasteiger partial charge in [0, 0.05) is 6.42 Å². The van der Waals surface area contributed by atoms with E-state index >= 15 is 0 Å². The van der Waals surface area contributed by atoms with Gasteiger partial charge in [-0.2, -0.15) is 0 Å². The molecule has 0 bridgehead atoms. The maximum Gasteiger partial charge on any atom is 0.175 e. The predicted octanol–water partition coefficient (Wildman–Crippen LogP) is 3.83. The van der Waals surface area contributed by atoms with Gasteiger partial charge < -0.3 is 15.0 Å². The van der Waals surface area contributed by atoms with Crippen LogP contribution in [0, 0.1) is 12.3 Å². The minimum atomic E-state index is 0.107. The van der Waals surface area contributed by atoms with Gasteiger partial charge in [-0.1, -0.05) is 38.1 Å². The Labute approximate surface area is 119 Å². The first-order valence-corrected chi connectivity index (χ1v) is 6.71. The second kappa shape index (κ2) is 5.19.